The van der Waals surface area contributed by atoms with Gasteiger partial charge in [-0.15, -0.1) is 0 Å². The summed E-state index contributed by atoms with van der Waals surface area (Å²) < 4.78 is 0. The second kappa shape index (κ2) is 5.83. The highest BCUT2D eigenvalue weighted by Gasteiger charge is 2.29. The van der Waals surface area contributed by atoms with E-state index in [1.807, 2.05) is 27.7 Å². The fourth-order valence-corrected chi connectivity index (χ4v) is 2.24. The fourth-order valence-electron chi connectivity index (χ4n) is 2.24. The Morgan fingerprint density at radius 2 is 1.94 bits per heavy atom. The van der Waals surface area contributed by atoms with Crippen molar-refractivity contribution in [2.75, 3.05) is 13.1 Å². The maximum absolute atomic E-state index is 11.9. The van der Waals surface area contributed by atoms with Crippen molar-refractivity contribution in [3.05, 3.63) is 0 Å². The topological polar surface area (TPSA) is 52.6 Å². The maximum Gasteiger partial charge on any atom is 0.237 e. The molecule has 4 nitrogen and oxygen atoms in total. The molecule has 4 heteroatoms. The molecule has 0 aromatic carbocycles. The van der Waals surface area contributed by atoms with E-state index in [1.165, 1.54) is 0 Å². The van der Waals surface area contributed by atoms with Crippen LogP contribution in [0.2, 0.25) is 0 Å². The van der Waals surface area contributed by atoms with Gasteiger partial charge in [-0.1, -0.05) is 0 Å². The Hall–Kier alpha value is -0.610. The van der Waals surface area contributed by atoms with Gasteiger partial charge in [0.1, 0.15) is 0 Å². The Morgan fingerprint density at radius 1 is 1.29 bits per heavy atom. The third-order valence-electron chi connectivity index (χ3n) is 3.46. The van der Waals surface area contributed by atoms with E-state index in [0.29, 0.717) is 0 Å². The highest BCUT2D eigenvalue weighted by Crippen LogP contribution is 2.22. The van der Waals surface area contributed by atoms with Crippen LogP contribution in [0.15, 0.2) is 0 Å². The van der Waals surface area contributed by atoms with Crippen LogP contribution >= 0.6 is 0 Å². The molecule has 1 fully saturated rings. The number of nitrogens with zero attached hydrogens (tertiary/aromatic N) is 1. The van der Waals surface area contributed by atoms with Gasteiger partial charge in [-0.25, -0.2) is 0 Å². The largest absolute Gasteiger partial charge is 0.390 e. The molecule has 2 unspecified atom stereocenters. The lowest BCUT2D eigenvalue weighted by molar-refractivity contribution is -0.126. The highest BCUT2D eigenvalue weighted by atomic mass is 16.3. The van der Waals surface area contributed by atoms with Crippen molar-refractivity contribution in [2.45, 2.75) is 64.6 Å². The molecule has 0 aromatic rings. The lowest BCUT2D eigenvalue weighted by Gasteiger charge is -2.28. The summed E-state index contributed by atoms with van der Waals surface area (Å²) in [6.45, 7) is 9.45. The average molecular weight is 242 g/mol. The average Bonchev–Trinajstić information content (AvgIpc) is 2.37. The molecule has 100 valence electrons. The predicted octanol–water partition coefficient (Wildman–Crippen LogP) is 1.14. The minimum Gasteiger partial charge on any atom is -0.390 e. The van der Waals surface area contributed by atoms with Crippen LogP contribution in [0.5, 0.6) is 0 Å². The van der Waals surface area contributed by atoms with E-state index >= 15 is 0 Å². The number of rotatable bonds is 3. The van der Waals surface area contributed by atoms with Crippen LogP contribution in [-0.2, 0) is 4.79 Å². The Bertz CT molecular complexity index is 264. The third-order valence-corrected chi connectivity index (χ3v) is 3.46. The van der Waals surface area contributed by atoms with Crippen molar-refractivity contribution in [3.8, 4) is 0 Å². The number of hydrogen-bond acceptors (Lipinski definition) is 3. The van der Waals surface area contributed by atoms with Gasteiger partial charge >= 0.3 is 0 Å². The fraction of sp³-hybridized carbons (Fsp3) is 0.923. The van der Waals surface area contributed by atoms with E-state index < -0.39 is 5.60 Å². The van der Waals surface area contributed by atoms with Crippen LogP contribution < -0.4 is 5.32 Å². The number of aliphatic hydroxyl groups is 1. The summed E-state index contributed by atoms with van der Waals surface area (Å²) in [5.74, 6) is 0.0848. The number of carbonyl (C=O) groups excluding carboxylic acids is 1. The number of nitrogens with one attached hydrogen (secondary N) is 1. The smallest absolute Gasteiger partial charge is 0.237 e. The van der Waals surface area contributed by atoms with Crippen LogP contribution in [0.3, 0.4) is 0 Å². The highest BCUT2D eigenvalue weighted by molar-refractivity contribution is 5.81. The van der Waals surface area contributed by atoms with E-state index in [-0.39, 0.29) is 18.0 Å². The van der Waals surface area contributed by atoms with Gasteiger partial charge in [0.05, 0.1) is 11.6 Å². The summed E-state index contributed by atoms with van der Waals surface area (Å²) in [5, 5.41) is 12.9. The molecule has 1 heterocycles. The van der Waals surface area contributed by atoms with Crippen molar-refractivity contribution in [1.82, 2.24) is 10.2 Å². The van der Waals surface area contributed by atoms with E-state index in [2.05, 4.69) is 10.2 Å². The third kappa shape index (κ3) is 4.64. The van der Waals surface area contributed by atoms with Crippen LogP contribution in [0.4, 0.5) is 0 Å². The molecular weight excluding hydrogens is 216 g/mol. The van der Waals surface area contributed by atoms with Crippen molar-refractivity contribution < 1.29 is 9.90 Å². The van der Waals surface area contributed by atoms with Crippen molar-refractivity contribution in [2.24, 2.45) is 0 Å². The van der Waals surface area contributed by atoms with Gasteiger partial charge in [0.25, 0.3) is 0 Å². The van der Waals surface area contributed by atoms with Crippen LogP contribution in [0, 0.1) is 0 Å². The van der Waals surface area contributed by atoms with Crippen LogP contribution in [-0.4, -0.2) is 46.7 Å². The Balaban J connectivity index is 2.52. The first-order valence-electron chi connectivity index (χ1n) is 6.58. The number of likely N-dealkylation sites (tertiary alicyclic amines) is 1. The number of hydrogen-bond donors (Lipinski definition) is 2. The number of carbonyl (C=O) groups is 1. The molecule has 1 rings (SSSR count). The Morgan fingerprint density at radius 3 is 2.53 bits per heavy atom. The van der Waals surface area contributed by atoms with Crippen molar-refractivity contribution in [3.63, 3.8) is 0 Å². The van der Waals surface area contributed by atoms with Crippen LogP contribution in [0.25, 0.3) is 0 Å². The summed E-state index contributed by atoms with van der Waals surface area (Å²) in [6, 6.07) is 0.0753. The normalized spacial score (nSPS) is 28.8. The molecule has 1 aliphatic rings. The molecule has 2 atom stereocenters. The standard InChI is InChI=1S/C13H26N2O2/c1-10(2)14-12(16)11(3)15-8-5-6-13(4,17)7-9-15/h10-11,17H,5-9H2,1-4H3,(H,14,16). The van der Waals surface area contributed by atoms with Crippen LogP contribution in [0.1, 0.15) is 47.0 Å². The monoisotopic (exact) mass is 242 g/mol. The minimum atomic E-state index is -0.566. The van der Waals surface area contributed by atoms with E-state index in [0.717, 1.165) is 32.4 Å². The zero-order valence-electron chi connectivity index (χ0n) is 11.5. The summed E-state index contributed by atoms with van der Waals surface area (Å²) in [7, 11) is 0. The zero-order chi connectivity index (χ0) is 13.1. The molecule has 1 amide bonds. The van der Waals surface area contributed by atoms with E-state index in [4.69, 9.17) is 0 Å². The molecular formula is C13H26N2O2. The first-order chi connectivity index (χ1) is 7.82. The molecule has 0 radical (unpaired) electrons. The first-order valence-corrected chi connectivity index (χ1v) is 6.58. The lowest BCUT2D eigenvalue weighted by atomic mass is 9.98. The molecule has 1 saturated heterocycles. The van der Waals surface area contributed by atoms with Gasteiger partial charge in [-0.05, 0) is 53.5 Å². The second-order valence-corrected chi connectivity index (χ2v) is 5.73. The van der Waals surface area contributed by atoms with Gasteiger partial charge in [-0.3, -0.25) is 9.69 Å². The minimum absolute atomic E-state index is 0.0848. The van der Waals surface area contributed by atoms with Crippen molar-refractivity contribution in [1.29, 1.82) is 0 Å². The van der Waals surface area contributed by atoms with E-state index in [9.17, 15) is 9.90 Å². The Labute approximate surface area is 104 Å². The molecule has 2 N–H and O–H groups in total. The Kier molecular flexibility index (Phi) is 4.95. The van der Waals surface area contributed by atoms with Gasteiger partial charge in [0.2, 0.25) is 5.91 Å². The summed E-state index contributed by atoms with van der Waals surface area (Å²) in [4.78, 5) is 14.1. The maximum atomic E-state index is 11.9. The summed E-state index contributed by atoms with van der Waals surface area (Å²) in [6.07, 6.45) is 2.51. The van der Waals surface area contributed by atoms with Gasteiger partial charge in [-0.2, -0.15) is 0 Å². The van der Waals surface area contributed by atoms with E-state index in [1.54, 1.807) is 0 Å². The molecule has 1 aliphatic heterocycles. The summed E-state index contributed by atoms with van der Waals surface area (Å²) in [5.41, 5.74) is -0.566. The molecule has 0 bridgehead atoms. The molecule has 0 spiro atoms. The first kappa shape index (κ1) is 14.5. The van der Waals surface area contributed by atoms with Gasteiger partial charge < -0.3 is 10.4 Å². The molecule has 17 heavy (non-hydrogen) atoms. The molecule has 0 saturated carbocycles. The second-order valence-electron chi connectivity index (χ2n) is 5.73. The zero-order valence-corrected chi connectivity index (χ0v) is 11.5. The van der Waals surface area contributed by atoms with Gasteiger partial charge in [0.15, 0.2) is 0 Å². The molecule has 0 aliphatic carbocycles. The SMILES string of the molecule is CC(C)NC(=O)C(C)N1CCCC(C)(O)CC1. The summed E-state index contributed by atoms with van der Waals surface area (Å²) >= 11 is 0. The number of amides is 1. The predicted molar refractivity (Wildman–Crippen MR) is 68.8 cm³/mol. The van der Waals surface area contributed by atoms with Gasteiger partial charge in [0, 0.05) is 12.6 Å². The lowest BCUT2D eigenvalue weighted by Crippen LogP contribution is -2.47. The quantitative estimate of drug-likeness (QED) is 0.780. The molecule has 0 aromatic heterocycles. The van der Waals surface area contributed by atoms with Crippen molar-refractivity contribution >= 4 is 5.91 Å².